The van der Waals surface area contributed by atoms with Crippen molar-refractivity contribution in [3.8, 4) is 24.7 Å². The summed E-state index contributed by atoms with van der Waals surface area (Å²) < 4.78 is 8.60. The van der Waals surface area contributed by atoms with Gasteiger partial charge in [0.15, 0.2) is 13.2 Å². The van der Waals surface area contributed by atoms with Gasteiger partial charge in [0.2, 0.25) is 0 Å². The molecule has 0 rings (SSSR count). The van der Waals surface area contributed by atoms with Crippen LogP contribution in [0.25, 0.3) is 0 Å². The molecule has 0 heterocycles. The van der Waals surface area contributed by atoms with E-state index in [1.54, 1.807) is 0 Å². The second kappa shape index (κ2) is 15.8. The van der Waals surface area contributed by atoms with E-state index < -0.39 is 6.16 Å². The Hall–Kier alpha value is -1.69. The molecule has 0 spiro atoms. The van der Waals surface area contributed by atoms with E-state index in [9.17, 15) is 4.79 Å². The van der Waals surface area contributed by atoms with E-state index in [1.165, 1.54) is 0 Å². The van der Waals surface area contributed by atoms with Gasteiger partial charge in [0.25, 0.3) is 0 Å². The highest BCUT2D eigenvalue weighted by molar-refractivity contribution is 5.60. The van der Waals surface area contributed by atoms with E-state index >= 15 is 0 Å². The highest BCUT2D eigenvalue weighted by Crippen LogP contribution is 1.82. The summed E-state index contributed by atoms with van der Waals surface area (Å²) in [6, 6.07) is 0. The molecule has 0 saturated carbocycles. The molecule has 0 aliphatic carbocycles. The molecule has 0 amide bonds. The molecule has 5 nitrogen and oxygen atoms in total. The summed E-state index contributed by atoms with van der Waals surface area (Å²) in [6.07, 6.45) is 10.2. The minimum absolute atomic E-state index is 0.0938. The Balaban J connectivity index is 0. The Kier molecular flexibility index (Phi) is 16.5. The quantitative estimate of drug-likeness (QED) is 0.398. The number of hydrogen-bond donors (Lipinski definition) is 2. The third-order valence-electron chi connectivity index (χ3n) is 1.11. The Morgan fingerprint density at radius 3 is 1.62 bits per heavy atom. The maximum absolute atomic E-state index is 10.3. The molecular formula is C11H16O5. The first kappa shape index (κ1) is 16.7. The number of rotatable bonds is 5. The van der Waals surface area contributed by atoms with Crippen molar-refractivity contribution in [1.29, 1.82) is 0 Å². The van der Waals surface area contributed by atoms with Crippen molar-refractivity contribution in [2.75, 3.05) is 26.4 Å². The SMILES string of the molecule is C#CCOC(=O)OCC#C.OCCCCO. The normalized spacial score (nSPS) is 7.75. The molecule has 90 valence electrons. The van der Waals surface area contributed by atoms with Crippen LogP contribution in [-0.2, 0) is 9.47 Å². The first-order chi connectivity index (χ1) is 7.72. The van der Waals surface area contributed by atoms with Gasteiger partial charge in [0, 0.05) is 13.2 Å². The average molecular weight is 228 g/mol. The highest BCUT2D eigenvalue weighted by Gasteiger charge is 1.98. The molecule has 5 heteroatoms. The molecule has 0 radical (unpaired) electrons. The standard InChI is InChI=1S/C7H6O3.C4H10O2/c1-3-5-9-7(8)10-6-4-2;5-3-1-2-4-6/h1-2H,5-6H2;5-6H,1-4H2. The van der Waals surface area contributed by atoms with Crippen LogP contribution < -0.4 is 0 Å². The van der Waals surface area contributed by atoms with Gasteiger partial charge in [-0.05, 0) is 12.8 Å². The topological polar surface area (TPSA) is 76.0 Å². The van der Waals surface area contributed by atoms with Crippen LogP contribution in [0.4, 0.5) is 4.79 Å². The Bertz CT molecular complexity index is 212. The molecule has 0 saturated heterocycles. The summed E-state index contributed by atoms with van der Waals surface area (Å²) in [7, 11) is 0. The van der Waals surface area contributed by atoms with E-state index in [0.29, 0.717) is 0 Å². The summed E-state index contributed by atoms with van der Waals surface area (Å²) in [5, 5.41) is 16.2. The minimum Gasteiger partial charge on any atom is -0.421 e. The number of hydrogen-bond acceptors (Lipinski definition) is 5. The third kappa shape index (κ3) is 18.2. The van der Waals surface area contributed by atoms with Crippen LogP contribution in [0.1, 0.15) is 12.8 Å². The van der Waals surface area contributed by atoms with Gasteiger partial charge in [-0.3, -0.25) is 0 Å². The van der Waals surface area contributed by atoms with Crippen molar-refractivity contribution in [3.63, 3.8) is 0 Å². The number of aliphatic hydroxyl groups is 2. The zero-order chi connectivity index (χ0) is 12.6. The lowest BCUT2D eigenvalue weighted by Gasteiger charge is -1.97. The second-order valence-electron chi connectivity index (χ2n) is 2.39. The van der Waals surface area contributed by atoms with Gasteiger partial charge >= 0.3 is 6.16 Å². The van der Waals surface area contributed by atoms with Gasteiger partial charge in [-0.25, -0.2) is 4.79 Å². The van der Waals surface area contributed by atoms with Crippen molar-refractivity contribution in [1.82, 2.24) is 0 Å². The fraction of sp³-hybridized carbons (Fsp3) is 0.545. The number of unbranched alkanes of at least 4 members (excludes halogenated alkanes) is 1. The predicted octanol–water partition coefficient (Wildman–Crippen LogP) is 0.157. The molecule has 2 N–H and O–H groups in total. The van der Waals surface area contributed by atoms with Crippen molar-refractivity contribution >= 4 is 6.16 Å². The zero-order valence-electron chi connectivity index (χ0n) is 9.02. The van der Waals surface area contributed by atoms with Crippen LogP contribution in [0.5, 0.6) is 0 Å². The lowest BCUT2D eigenvalue weighted by Crippen LogP contribution is -2.07. The van der Waals surface area contributed by atoms with Crippen LogP contribution in [0.3, 0.4) is 0 Å². The maximum Gasteiger partial charge on any atom is 0.510 e. The van der Waals surface area contributed by atoms with Gasteiger partial charge in [0.1, 0.15) is 0 Å². The zero-order valence-corrected chi connectivity index (χ0v) is 9.02. The molecule has 0 fully saturated rings. The number of ether oxygens (including phenoxy) is 2. The monoisotopic (exact) mass is 228 g/mol. The Morgan fingerprint density at radius 2 is 1.38 bits per heavy atom. The van der Waals surface area contributed by atoms with E-state index in [2.05, 4.69) is 21.3 Å². The number of carbonyl (C=O) groups excluding carboxylic acids is 1. The third-order valence-corrected chi connectivity index (χ3v) is 1.11. The molecule has 0 atom stereocenters. The molecule has 0 aromatic heterocycles. The Labute approximate surface area is 95.4 Å². The van der Waals surface area contributed by atoms with E-state index in [4.69, 9.17) is 23.1 Å². The number of carbonyl (C=O) groups is 1. The van der Waals surface area contributed by atoms with Crippen molar-refractivity contribution in [2.24, 2.45) is 0 Å². The molecule has 0 aromatic carbocycles. The molecular weight excluding hydrogens is 212 g/mol. The number of terminal acetylenes is 2. The lowest BCUT2D eigenvalue weighted by atomic mass is 10.3. The summed E-state index contributed by atoms with van der Waals surface area (Å²) >= 11 is 0. The largest absolute Gasteiger partial charge is 0.510 e. The fourth-order valence-corrected chi connectivity index (χ4v) is 0.466. The van der Waals surface area contributed by atoms with Gasteiger partial charge in [-0.2, -0.15) is 0 Å². The van der Waals surface area contributed by atoms with Crippen LogP contribution in [-0.4, -0.2) is 42.8 Å². The van der Waals surface area contributed by atoms with Gasteiger partial charge in [-0.15, -0.1) is 12.8 Å². The molecule has 0 aromatic rings. The predicted molar refractivity (Wildman–Crippen MR) is 58.4 cm³/mol. The van der Waals surface area contributed by atoms with Crippen molar-refractivity contribution in [2.45, 2.75) is 12.8 Å². The molecule has 16 heavy (non-hydrogen) atoms. The summed E-state index contributed by atoms with van der Waals surface area (Å²) in [6.45, 7) is 0.202. The minimum atomic E-state index is -0.837. The van der Waals surface area contributed by atoms with E-state index in [-0.39, 0.29) is 26.4 Å². The van der Waals surface area contributed by atoms with Gasteiger partial charge in [-0.1, -0.05) is 11.8 Å². The van der Waals surface area contributed by atoms with E-state index in [1.807, 2.05) is 0 Å². The molecule has 0 unspecified atom stereocenters. The first-order valence-electron chi connectivity index (χ1n) is 4.61. The van der Waals surface area contributed by atoms with Crippen LogP contribution in [0, 0.1) is 24.7 Å². The van der Waals surface area contributed by atoms with Crippen LogP contribution in [0.15, 0.2) is 0 Å². The molecule has 0 aliphatic rings. The second-order valence-corrected chi connectivity index (χ2v) is 2.39. The molecule has 0 aliphatic heterocycles. The molecule has 0 bridgehead atoms. The highest BCUT2D eigenvalue weighted by atomic mass is 16.7. The average Bonchev–Trinajstić information content (AvgIpc) is 2.32. The van der Waals surface area contributed by atoms with Crippen LogP contribution in [0.2, 0.25) is 0 Å². The Morgan fingerprint density at radius 1 is 1.00 bits per heavy atom. The van der Waals surface area contributed by atoms with Crippen LogP contribution >= 0.6 is 0 Å². The summed E-state index contributed by atoms with van der Waals surface area (Å²) in [5.41, 5.74) is 0. The smallest absolute Gasteiger partial charge is 0.421 e. The van der Waals surface area contributed by atoms with Gasteiger partial charge in [0.05, 0.1) is 0 Å². The van der Waals surface area contributed by atoms with Gasteiger partial charge < -0.3 is 19.7 Å². The lowest BCUT2D eigenvalue weighted by molar-refractivity contribution is 0.0746. The summed E-state index contributed by atoms with van der Waals surface area (Å²) in [5.74, 6) is 4.20. The summed E-state index contributed by atoms with van der Waals surface area (Å²) in [4.78, 5) is 10.3. The fourth-order valence-electron chi connectivity index (χ4n) is 0.466. The van der Waals surface area contributed by atoms with E-state index in [0.717, 1.165) is 12.8 Å². The maximum atomic E-state index is 10.3. The van der Waals surface area contributed by atoms with Crippen molar-refractivity contribution < 1.29 is 24.5 Å². The first-order valence-corrected chi connectivity index (χ1v) is 4.61. The number of aliphatic hydroxyl groups excluding tert-OH is 2. The van der Waals surface area contributed by atoms with Crippen molar-refractivity contribution in [3.05, 3.63) is 0 Å².